The Balaban J connectivity index is 1.51. The Morgan fingerprint density at radius 1 is 1.00 bits per heavy atom. The number of para-hydroxylation sites is 2. The summed E-state index contributed by atoms with van der Waals surface area (Å²) >= 11 is 0. The number of anilines is 1. The molecule has 0 spiro atoms. The Labute approximate surface area is 179 Å². The number of hydrogen-bond donors (Lipinski definition) is 3. The van der Waals surface area contributed by atoms with Crippen LogP contribution in [0.3, 0.4) is 0 Å². The summed E-state index contributed by atoms with van der Waals surface area (Å²) in [7, 11) is 0. The van der Waals surface area contributed by atoms with Crippen LogP contribution in [0.25, 0.3) is 11.2 Å². The highest BCUT2D eigenvalue weighted by Gasteiger charge is 2.19. The van der Waals surface area contributed by atoms with E-state index in [1.807, 2.05) is 0 Å². The fourth-order valence-electron chi connectivity index (χ4n) is 2.78. The molecule has 4 N–H and O–H groups in total. The Kier molecular flexibility index (Phi) is 5.45. The number of nitrogens with two attached hydrogens (primary N) is 1. The lowest BCUT2D eigenvalue weighted by molar-refractivity contribution is 0.0462. The number of phenolic OH excluding ortho intramolecular Hbond substituents is 1. The molecule has 0 saturated carbocycles. The third-order valence-electron chi connectivity index (χ3n) is 4.27. The highest BCUT2D eigenvalue weighted by Crippen LogP contribution is 2.23. The van der Waals surface area contributed by atoms with Gasteiger partial charge in [-0.15, -0.1) is 0 Å². The maximum Gasteiger partial charge on any atom is 0.347 e. The van der Waals surface area contributed by atoms with E-state index in [9.17, 15) is 19.5 Å². The van der Waals surface area contributed by atoms with Gasteiger partial charge in [-0.1, -0.05) is 24.3 Å². The van der Waals surface area contributed by atoms with Gasteiger partial charge in [-0.2, -0.15) is 4.98 Å². The van der Waals surface area contributed by atoms with Gasteiger partial charge in [-0.3, -0.25) is 9.78 Å². The normalized spacial score (nSPS) is 10.6. The number of aromatic nitrogens is 4. The van der Waals surface area contributed by atoms with Gasteiger partial charge in [0.1, 0.15) is 29.2 Å². The molecular weight excluding hydrogens is 418 g/mol. The highest BCUT2D eigenvalue weighted by atomic mass is 16.5. The number of esters is 2. The number of ether oxygens (including phenoxy) is 2. The molecule has 0 radical (unpaired) electrons. The van der Waals surface area contributed by atoms with Crippen molar-refractivity contribution < 1.29 is 24.2 Å². The number of carbonyl (C=O) groups is 2. The van der Waals surface area contributed by atoms with Crippen LogP contribution >= 0.6 is 0 Å². The minimum atomic E-state index is -0.838. The van der Waals surface area contributed by atoms with Crippen LogP contribution in [-0.2, 0) is 11.3 Å². The van der Waals surface area contributed by atoms with Gasteiger partial charge >= 0.3 is 11.9 Å². The van der Waals surface area contributed by atoms with Crippen molar-refractivity contribution in [1.29, 1.82) is 0 Å². The molecule has 4 aromatic rings. The van der Waals surface area contributed by atoms with Gasteiger partial charge in [0.2, 0.25) is 5.95 Å². The first-order valence-corrected chi connectivity index (χ1v) is 9.20. The summed E-state index contributed by atoms with van der Waals surface area (Å²) < 4.78 is 10.5. The molecule has 0 bridgehead atoms. The average molecular weight is 433 g/mol. The minimum Gasteiger partial charge on any atom is -0.507 e. The molecule has 11 nitrogen and oxygen atoms in total. The molecule has 0 fully saturated rings. The van der Waals surface area contributed by atoms with Gasteiger partial charge in [0, 0.05) is 0 Å². The standard InChI is InChI=1S/C21H15N5O6/c22-21-25-17-16(18(28)26-21)24-11(9-23-17)10-31-19(29)13-6-2-4-8-15(13)32-20(30)12-5-1-3-7-14(12)27/h1-9,27H,10H2,(H3,22,23,25,26,28). The first-order valence-electron chi connectivity index (χ1n) is 9.20. The molecular formula is C21H15N5O6. The van der Waals surface area contributed by atoms with Crippen molar-refractivity contribution in [2.24, 2.45) is 0 Å². The van der Waals surface area contributed by atoms with Crippen LogP contribution in [0, 0.1) is 0 Å². The first kappa shape index (κ1) is 20.5. The number of fused-ring (bicyclic) bond motifs is 1. The number of carbonyl (C=O) groups excluding carboxylic acids is 2. The van der Waals surface area contributed by atoms with Crippen molar-refractivity contribution in [3.05, 3.63) is 81.9 Å². The Morgan fingerprint density at radius 3 is 2.50 bits per heavy atom. The van der Waals surface area contributed by atoms with Crippen LogP contribution in [-0.4, -0.2) is 37.0 Å². The monoisotopic (exact) mass is 433 g/mol. The molecule has 0 atom stereocenters. The molecule has 0 aliphatic rings. The summed E-state index contributed by atoms with van der Waals surface area (Å²) in [4.78, 5) is 51.2. The smallest absolute Gasteiger partial charge is 0.347 e. The summed E-state index contributed by atoms with van der Waals surface area (Å²) in [5.41, 5.74) is 5.03. The van der Waals surface area contributed by atoms with Crippen molar-refractivity contribution in [2.45, 2.75) is 6.61 Å². The number of hydrogen-bond acceptors (Lipinski definition) is 10. The molecule has 0 amide bonds. The van der Waals surface area contributed by atoms with Crippen LogP contribution in [0.2, 0.25) is 0 Å². The lowest BCUT2D eigenvalue weighted by Crippen LogP contribution is -2.15. The number of nitrogens with one attached hydrogen (secondary N) is 1. The number of rotatable bonds is 5. The topological polar surface area (TPSA) is 170 Å². The van der Waals surface area contributed by atoms with E-state index in [1.54, 1.807) is 24.3 Å². The molecule has 32 heavy (non-hydrogen) atoms. The number of benzene rings is 2. The molecule has 11 heteroatoms. The lowest BCUT2D eigenvalue weighted by atomic mass is 10.2. The number of aromatic hydroxyl groups is 1. The average Bonchev–Trinajstić information content (AvgIpc) is 2.78. The maximum atomic E-state index is 12.6. The number of nitrogen functional groups attached to an aromatic ring is 1. The molecule has 0 aliphatic heterocycles. The SMILES string of the molecule is Nc1nc2ncc(COC(=O)c3ccccc3OC(=O)c3ccccc3O)nc2c(=O)[nH]1. The Hall–Kier alpha value is -4.80. The van der Waals surface area contributed by atoms with Crippen LogP contribution in [0.1, 0.15) is 26.4 Å². The van der Waals surface area contributed by atoms with E-state index in [0.29, 0.717) is 0 Å². The third kappa shape index (κ3) is 4.21. The van der Waals surface area contributed by atoms with Crippen molar-refractivity contribution in [2.75, 3.05) is 5.73 Å². The van der Waals surface area contributed by atoms with E-state index >= 15 is 0 Å². The second kappa shape index (κ2) is 8.52. The Bertz CT molecular complexity index is 1400. The fourth-order valence-corrected chi connectivity index (χ4v) is 2.78. The highest BCUT2D eigenvalue weighted by molar-refractivity contribution is 5.97. The summed E-state index contributed by atoms with van der Waals surface area (Å²) in [5.74, 6) is -2.03. The third-order valence-corrected chi connectivity index (χ3v) is 4.27. The van der Waals surface area contributed by atoms with Gasteiger partial charge in [-0.05, 0) is 24.3 Å². The van der Waals surface area contributed by atoms with Gasteiger partial charge < -0.3 is 20.3 Å². The number of H-pyrrole nitrogens is 1. The molecule has 0 unspecified atom stereocenters. The molecule has 2 aromatic heterocycles. The zero-order chi connectivity index (χ0) is 22.7. The summed E-state index contributed by atoms with van der Waals surface area (Å²) in [5, 5.41) is 9.82. The summed E-state index contributed by atoms with van der Waals surface area (Å²) in [6.45, 7) is -0.298. The van der Waals surface area contributed by atoms with Crippen molar-refractivity contribution >= 4 is 29.1 Å². The maximum absolute atomic E-state index is 12.6. The van der Waals surface area contributed by atoms with E-state index < -0.39 is 17.5 Å². The summed E-state index contributed by atoms with van der Waals surface area (Å²) in [6, 6.07) is 11.8. The largest absolute Gasteiger partial charge is 0.507 e. The fraction of sp³-hybridized carbons (Fsp3) is 0.0476. The van der Waals surface area contributed by atoms with E-state index in [0.717, 1.165) is 0 Å². The van der Waals surface area contributed by atoms with Crippen LogP contribution in [0.5, 0.6) is 11.5 Å². The number of aromatic amines is 1. The zero-order valence-electron chi connectivity index (χ0n) is 16.3. The molecule has 0 aliphatic carbocycles. The van der Waals surface area contributed by atoms with Crippen LogP contribution in [0.4, 0.5) is 5.95 Å². The van der Waals surface area contributed by atoms with Crippen molar-refractivity contribution in [3.8, 4) is 11.5 Å². The van der Waals surface area contributed by atoms with Crippen molar-refractivity contribution in [3.63, 3.8) is 0 Å². The number of nitrogens with zero attached hydrogens (tertiary/aromatic N) is 3. The van der Waals surface area contributed by atoms with E-state index in [2.05, 4.69) is 19.9 Å². The number of phenols is 1. The lowest BCUT2D eigenvalue weighted by Gasteiger charge is -2.10. The second-order valence-electron chi connectivity index (χ2n) is 6.46. The van der Waals surface area contributed by atoms with Gasteiger partial charge in [0.15, 0.2) is 11.2 Å². The molecule has 0 saturated heterocycles. The second-order valence-corrected chi connectivity index (χ2v) is 6.46. The van der Waals surface area contributed by atoms with Gasteiger partial charge in [0.25, 0.3) is 5.56 Å². The van der Waals surface area contributed by atoms with E-state index in [-0.39, 0.29) is 52.0 Å². The Morgan fingerprint density at radius 2 is 1.72 bits per heavy atom. The van der Waals surface area contributed by atoms with Gasteiger partial charge in [-0.25, -0.2) is 19.6 Å². The summed E-state index contributed by atoms with van der Waals surface area (Å²) in [6.07, 6.45) is 1.30. The molecule has 2 heterocycles. The van der Waals surface area contributed by atoms with Crippen LogP contribution < -0.4 is 16.0 Å². The molecule has 2 aromatic carbocycles. The predicted octanol–water partition coefficient (Wildman–Crippen LogP) is 1.58. The van der Waals surface area contributed by atoms with E-state index in [1.165, 1.54) is 30.5 Å². The molecule has 160 valence electrons. The quantitative estimate of drug-likeness (QED) is 0.310. The van der Waals surface area contributed by atoms with Gasteiger partial charge in [0.05, 0.1) is 11.9 Å². The molecule has 4 rings (SSSR count). The van der Waals surface area contributed by atoms with E-state index in [4.69, 9.17) is 15.2 Å². The van der Waals surface area contributed by atoms with Crippen molar-refractivity contribution in [1.82, 2.24) is 19.9 Å². The minimum absolute atomic E-state index is 0.0164. The van der Waals surface area contributed by atoms with Crippen LogP contribution in [0.15, 0.2) is 59.5 Å². The zero-order valence-corrected chi connectivity index (χ0v) is 16.3. The predicted molar refractivity (Wildman–Crippen MR) is 111 cm³/mol. The first-order chi connectivity index (χ1) is 15.4.